The average Bonchev–Trinajstić information content (AvgIpc) is 3.45. The molecule has 0 saturated carbocycles. The largest absolute Gasteiger partial charge is 0.443 e. The van der Waals surface area contributed by atoms with E-state index in [2.05, 4.69) is 71.9 Å². The molecular formula is C30H39N3O2. The predicted octanol–water partition coefficient (Wildman–Crippen LogP) is 6.91. The number of hydrogen-bond acceptors (Lipinski definition) is 4. The second kappa shape index (κ2) is 10.6. The number of rotatable bonds is 2. The number of anilines is 2. The smallest absolute Gasteiger partial charge is 0.414 e. The molecule has 0 atom stereocenters. The van der Waals surface area contributed by atoms with Crippen LogP contribution in [0.4, 0.5) is 16.2 Å². The van der Waals surface area contributed by atoms with Crippen LogP contribution in [-0.4, -0.2) is 36.7 Å². The molecular weight excluding hydrogens is 434 g/mol. The van der Waals surface area contributed by atoms with Gasteiger partial charge in [0.25, 0.3) is 0 Å². The van der Waals surface area contributed by atoms with Crippen molar-refractivity contribution in [1.29, 1.82) is 0 Å². The fraction of sp³-hybridized carbons (Fsp3) is 0.433. The zero-order valence-electron chi connectivity index (χ0n) is 21.9. The Hall–Kier alpha value is -3.21. The molecule has 1 N–H and O–H groups in total. The van der Waals surface area contributed by atoms with Crippen LogP contribution in [0.25, 0.3) is 0 Å². The molecule has 0 radical (unpaired) electrons. The summed E-state index contributed by atoms with van der Waals surface area (Å²) in [6, 6.07) is 17.1. The number of hydrogen-bond donors (Lipinski definition) is 1. The summed E-state index contributed by atoms with van der Waals surface area (Å²) in [5.74, 6) is 0. The lowest BCUT2D eigenvalue weighted by molar-refractivity contribution is 0.0356. The number of fused-ring (bicyclic) bond motifs is 2. The van der Waals surface area contributed by atoms with Crippen molar-refractivity contribution >= 4 is 17.5 Å². The molecule has 0 aromatic heterocycles. The van der Waals surface area contributed by atoms with E-state index in [1.807, 2.05) is 27.8 Å². The van der Waals surface area contributed by atoms with Gasteiger partial charge in [-0.05, 0) is 94.2 Å². The number of carbonyl (C=O) groups is 1. The van der Waals surface area contributed by atoms with Crippen LogP contribution in [0.15, 0.2) is 71.6 Å². The summed E-state index contributed by atoms with van der Waals surface area (Å²) in [5, 5.41) is 3.30. The Kier molecular flexibility index (Phi) is 7.54. The minimum absolute atomic E-state index is 0.293. The van der Waals surface area contributed by atoms with Gasteiger partial charge in [0, 0.05) is 37.7 Å². The number of carbonyl (C=O) groups excluding carboxylic acids is 1. The van der Waals surface area contributed by atoms with E-state index in [9.17, 15) is 4.79 Å². The van der Waals surface area contributed by atoms with Crippen molar-refractivity contribution in [3.63, 3.8) is 0 Å². The highest BCUT2D eigenvalue weighted by Gasteiger charge is 2.28. The van der Waals surface area contributed by atoms with Gasteiger partial charge in [0.1, 0.15) is 5.60 Å². The van der Waals surface area contributed by atoms with E-state index in [-0.39, 0.29) is 6.09 Å². The Morgan fingerprint density at radius 2 is 1.71 bits per heavy atom. The van der Waals surface area contributed by atoms with Gasteiger partial charge < -0.3 is 15.0 Å². The molecule has 5 nitrogen and oxygen atoms in total. The first-order valence-corrected chi connectivity index (χ1v) is 12.8. The number of amides is 1. The molecule has 2 aliphatic heterocycles. The van der Waals surface area contributed by atoms with Gasteiger partial charge in [-0.1, -0.05) is 36.4 Å². The van der Waals surface area contributed by atoms with E-state index in [1.54, 1.807) is 4.90 Å². The lowest BCUT2D eigenvalue weighted by Crippen LogP contribution is -2.34. The van der Waals surface area contributed by atoms with Crippen LogP contribution in [0, 0.1) is 0 Å². The van der Waals surface area contributed by atoms with E-state index in [4.69, 9.17) is 4.74 Å². The third kappa shape index (κ3) is 6.08. The maximum atomic E-state index is 12.6. The van der Waals surface area contributed by atoms with E-state index < -0.39 is 5.60 Å². The number of ether oxygens (including phenoxy) is 1. The summed E-state index contributed by atoms with van der Waals surface area (Å²) < 4.78 is 5.57. The van der Waals surface area contributed by atoms with Gasteiger partial charge in [-0.15, -0.1) is 0 Å². The van der Waals surface area contributed by atoms with E-state index in [1.165, 1.54) is 40.1 Å². The summed E-state index contributed by atoms with van der Waals surface area (Å²) in [7, 11) is 1.82. The second-order valence-corrected chi connectivity index (χ2v) is 10.6. The van der Waals surface area contributed by atoms with Crippen LogP contribution in [0.2, 0.25) is 0 Å². The first-order chi connectivity index (χ1) is 16.7. The first-order valence-electron chi connectivity index (χ1n) is 12.8. The number of nitrogens with one attached hydrogen (secondary N) is 1. The zero-order valence-corrected chi connectivity index (χ0v) is 21.9. The van der Waals surface area contributed by atoms with Crippen LogP contribution < -0.4 is 10.2 Å². The zero-order chi connectivity index (χ0) is 25.0. The molecule has 5 heteroatoms. The van der Waals surface area contributed by atoms with Crippen molar-refractivity contribution in [2.45, 2.75) is 65.4 Å². The topological polar surface area (TPSA) is 44.8 Å². The van der Waals surface area contributed by atoms with Crippen LogP contribution in [-0.2, 0) is 17.6 Å². The molecule has 0 fully saturated rings. The van der Waals surface area contributed by atoms with Crippen molar-refractivity contribution in [3.05, 3.63) is 82.7 Å². The normalized spacial score (nSPS) is 17.9. The Balaban J connectivity index is 0.000000266. The molecule has 0 saturated heterocycles. The third-order valence-electron chi connectivity index (χ3n) is 6.67. The predicted molar refractivity (Wildman–Crippen MR) is 145 cm³/mol. The highest BCUT2D eigenvalue weighted by Crippen LogP contribution is 2.36. The number of aryl methyl sites for hydroxylation is 1. The molecule has 0 bridgehead atoms. The molecule has 1 amide bonds. The summed E-state index contributed by atoms with van der Waals surface area (Å²) in [5.41, 5.74) is 8.44. The molecule has 1 aliphatic carbocycles. The average molecular weight is 474 g/mol. The molecule has 2 aromatic carbocycles. The molecule has 186 valence electrons. The highest BCUT2D eigenvalue weighted by atomic mass is 16.6. The molecule has 0 spiro atoms. The maximum Gasteiger partial charge on any atom is 0.414 e. The van der Waals surface area contributed by atoms with E-state index in [0.29, 0.717) is 0 Å². The van der Waals surface area contributed by atoms with Crippen LogP contribution in [0.3, 0.4) is 0 Å². The summed E-state index contributed by atoms with van der Waals surface area (Å²) in [4.78, 5) is 16.6. The van der Waals surface area contributed by atoms with Gasteiger partial charge >= 0.3 is 6.09 Å². The van der Waals surface area contributed by atoms with Crippen molar-refractivity contribution in [2.75, 3.05) is 30.4 Å². The molecule has 0 unspecified atom stereocenters. The van der Waals surface area contributed by atoms with Crippen molar-refractivity contribution in [2.24, 2.45) is 0 Å². The molecule has 5 rings (SSSR count). The van der Waals surface area contributed by atoms with Gasteiger partial charge in [0.2, 0.25) is 0 Å². The Labute approximate surface area is 210 Å². The minimum Gasteiger partial charge on any atom is -0.443 e. The number of para-hydroxylation sites is 2. The summed E-state index contributed by atoms with van der Waals surface area (Å²) in [6.45, 7) is 9.94. The van der Waals surface area contributed by atoms with Crippen LogP contribution in [0.1, 0.15) is 58.1 Å². The van der Waals surface area contributed by atoms with Gasteiger partial charge in [0.15, 0.2) is 0 Å². The molecule has 3 aliphatic rings. The minimum atomic E-state index is -0.492. The standard InChI is InChI=1S/C22H30N2O2.C8H9N/c1-16-12-13-18(20(16)23(5)21(25)26-22(2,3)4)15-24-14-8-10-17-9-6-7-11-19(17)24;1-2-4-8-7(3-1)5-6-9-8/h6-7,9,11,15H,8,10,12-14H2,1-5H3;1-4,9H,5-6H2/b18-15+;. The van der Waals surface area contributed by atoms with Gasteiger partial charge in [-0.25, -0.2) is 4.79 Å². The number of likely N-dealkylation sites (N-methyl/N-ethyl adjacent to an activating group) is 1. The number of allylic oxidation sites excluding steroid dienone is 2. The summed E-state index contributed by atoms with van der Waals surface area (Å²) >= 11 is 0. The van der Waals surface area contributed by atoms with Gasteiger partial charge in [0.05, 0.1) is 5.70 Å². The summed E-state index contributed by atoms with van der Waals surface area (Å²) in [6.07, 6.45) is 7.38. The second-order valence-electron chi connectivity index (χ2n) is 10.6. The first kappa shape index (κ1) is 24.9. The lowest BCUT2D eigenvalue weighted by atomic mass is 10.0. The Bertz CT molecular complexity index is 1100. The monoisotopic (exact) mass is 473 g/mol. The number of nitrogens with zero attached hydrogens (tertiary/aromatic N) is 2. The Morgan fingerprint density at radius 3 is 2.46 bits per heavy atom. The fourth-order valence-electron chi connectivity index (χ4n) is 5.01. The fourth-order valence-corrected chi connectivity index (χ4v) is 5.01. The van der Waals surface area contributed by atoms with Crippen molar-refractivity contribution in [3.8, 4) is 0 Å². The SMILES string of the molecule is CC1=C(N(C)C(=O)OC(C)(C)C)/C(=C/N2CCCc3ccccc32)CC1.c1ccc2c(c1)CCN2. The van der Waals surface area contributed by atoms with Crippen LogP contribution >= 0.6 is 0 Å². The van der Waals surface area contributed by atoms with Gasteiger partial charge in [-0.3, -0.25) is 4.90 Å². The number of benzene rings is 2. The quantitative estimate of drug-likeness (QED) is 0.515. The van der Waals surface area contributed by atoms with E-state index >= 15 is 0 Å². The molecule has 2 aromatic rings. The van der Waals surface area contributed by atoms with E-state index in [0.717, 1.165) is 44.5 Å². The lowest BCUT2D eigenvalue weighted by Gasteiger charge is -2.30. The maximum absolute atomic E-state index is 12.6. The van der Waals surface area contributed by atoms with Gasteiger partial charge in [-0.2, -0.15) is 0 Å². The molecule has 35 heavy (non-hydrogen) atoms. The molecule has 2 heterocycles. The third-order valence-corrected chi connectivity index (χ3v) is 6.67. The Morgan fingerprint density at radius 1 is 1.00 bits per heavy atom. The van der Waals surface area contributed by atoms with Crippen LogP contribution in [0.5, 0.6) is 0 Å². The van der Waals surface area contributed by atoms with Crippen molar-refractivity contribution < 1.29 is 9.53 Å². The highest BCUT2D eigenvalue weighted by molar-refractivity contribution is 5.72. The van der Waals surface area contributed by atoms with Crippen molar-refractivity contribution in [1.82, 2.24) is 4.90 Å².